The van der Waals surface area contributed by atoms with Gasteiger partial charge in [0.2, 0.25) is 0 Å². The maximum atomic E-state index is 12.8. The third-order valence-electron chi connectivity index (χ3n) is 4.66. The summed E-state index contributed by atoms with van der Waals surface area (Å²) in [5.41, 5.74) is 0. The summed E-state index contributed by atoms with van der Waals surface area (Å²) in [5.74, 6) is -1.12. The Morgan fingerprint density at radius 1 is 1.19 bits per heavy atom. The maximum Gasteiger partial charge on any atom is 0.320 e. The van der Waals surface area contributed by atoms with E-state index < -0.39 is 5.97 Å². The normalized spacial score (nSPS) is 27.4. The first-order chi connectivity index (χ1) is 9.95. The lowest BCUT2D eigenvalue weighted by Crippen LogP contribution is -2.48. The van der Waals surface area contributed by atoms with Crippen molar-refractivity contribution >= 4 is 12.0 Å². The highest BCUT2D eigenvalue weighted by atomic mass is 16.4. The summed E-state index contributed by atoms with van der Waals surface area (Å²) in [6.45, 7) is 4.33. The summed E-state index contributed by atoms with van der Waals surface area (Å²) in [4.78, 5) is 29.9. The lowest BCUT2D eigenvalue weighted by molar-refractivity contribution is -0.142. The van der Waals surface area contributed by atoms with Gasteiger partial charge >= 0.3 is 12.0 Å². The van der Waals surface area contributed by atoms with Gasteiger partial charge in [-0.05, 0) is 39.8 Å². The molecule has 6 heteroatoms. The molecule has 2 amide bonds. The highest BCUT2D eigenvalue weighted by molar-refractivity contribution is 5.79. The number of carbonyl (C=O) groups excluding carboxylic acids is 1. The number of carboxylic acids is 1. The van der Waals surface area contributed by atoms with Gasteiger partial charge in [0.15, 0.2) is 0 Å². The van der Waals surface area contributed by atoms with Crippen LogP contribution in [0.2, 0.25) is 0 Å². The Bertz CT molecular complexity index is 400. The molecule has 2 fully saturated rings. The van der Waals surface area contributed by atoms with Gasteiger partial charge in [-0.1, -0.05) is 6.92 Å². The lowest BCUT2D eigenvalue weighted by atomic mass is 9.89. The van der Waals surface area contributed by atoms with E-state index in [0.29, 0.717) is 13.0 Å². The summed E-state index contributed by atoms with van der Waals surface area (Å²) in [5, 5.41) is 9.29. The number of nitrogens with zero attached hydrogens (tertiary/aromatic N) is 3. The molecule has 0 aromatic rings. The van der Waals surface area contributed by atoms with Crippen molar-refractivity contribution in [1.82, 2.24) is 14.7 Å². The average molecular weight is 297 g/mol. The number of carboxylic acid groups (broad SMARTS) is 1. The molecule has 2 saturated heterocycles. The van der Waals surface area contributed by atoms with Crippen molar-refractivity contribution in [3.05, 3.63) is 0 Å². The van der Waals surface area contributed by atoms with Crippen LogP contribution in [-0.2, 0) is 4.79 Å². The molecular weight excluding hydrogens is 270 g/mol. The average Bonchev–Trinajstić information content (AvgIpc) is 3.00. The molecule has 120 valence electrons. The van der Waals surface area contributed by atoms with E-state index in [1.165, 1.54) is 0 Å². The van der Waals surface area contributed by atoms with Gasteiger partial charge in [-0.3, -0.25) is 4.79 Å². The van der Waals surface area contributed by atoms with Crippen LogP contribution in [0.3, 0.4) is 0 Å². The van der Waals surface area contributed by atoms with Crippen molar-refractivity contribution in [2.75, 3.05) is 33.7 Å². The monoisotopic (exact) mass is 297 g/mol. The predicted octanol–water partition coefficient (Wildman–Crippen LogP) is 1.32. The van der Waals surface area contributed by atoms with Crippen LogP contribution in [0.25, 0.3) is 0 Å². The number of amides is 2. The lowest BCUT2D eigenvalue weighted by Gasteiger charge is -2.32. The summed E-state index contributed by atoms with van der Waals surface area (Å²) in [6, 6.07) is 0.0657. The van der Waals surface area contributed by atoms with E-state index in [0.717, 1.165) is 32.4 Å². The van der Waals surface area contributed by atoms with Crippen molar-refractivity contribution in [2.24, 2.45) is 5.92 Å². The second kappa shape index (κ2) is 6.64. The van der Waals surface area contributed by atoms with Gasteiger partial charge in [0.25, 0.3) is 0 Å². The minimum Gasteiger partial charge on any atom is -0.481 e. The molecule has 3 unspecified atom stereocenters. The first-order valence-electron chi connectivity index (χ1n) is 7.90. The Morgan fingerprint density at radius 2 is 1.90 bits per heavy atom. The van der Waals surface area contributed by atoms with Crippen molar-refractivity contribution in [3.8, 4) is 0 Å². The number of carbonyl (C=O) groups is 2. The Hall–Kier alpha value is -1.30. The van der Waals surface area contributed by atoms with Crippen LogP contribution in [0.15, 0.2) is 0 Å². The summed E-state index contributed by atoms with van der Waals surface area (Å²) in [7, 11) is 3.99. The molecular formula is C15H27N3O3. The molecule has 6 nitrogen and oxygen atoms in total. The first kappa shape index (κ1) is 16.1. The van der Waals surface area contributed by atoms with Gasteiger partial charge in [-0.2, -0.15) is 0 Å². The summed E-state index contributed by atoms with van der Waals surface area (Å²) in [6.07, 6.45) is 3.33. The van der Waals surface area contributed by atoms with Crippen molar-refractivity contribution in [2.45, 2.75) is 44.7 Å². The molecule has 0 aliphatic carbocycles. The van der Waals surface area contributed by atoms with E-state index in [1.807, 2.05) is 23.9 Å². The molecule has 2 rings (SSSR count). The van der Waals surface area contributed by atoms with E-state index in [-0.39, 0.29) is 24.0 Å². The van der Waals surface area contributed by atoms with Crippen LogP contribution < -0.4 is 0 Å². The predicted molar refractivity (Wildman–Crippen MR) is 80.2 cm³/mol. The number of rotatable bonds is 6. The zero-order chi connectivity index (χ0) is 15.6. The Labute approximate surface area is 126 Å². The molecule has 0 saturated carbocycles. The van der Waals surface area contributed by atoms with Crippen LogP contribution in [0.5, 0.6) is 0 Å². The van der Waals surface area contributed by atoms with Crippen LogP contribution in [0.4, 0.5) is 4.79 Å². The zero-order valence-corrected chi connectivity index (χ0v) is 13.3. The standard InChI is InChI=1S/C15H27N3O3/c1-4-7-17(9-8-16(2)3)15(21)18-11-5-6-13(18)12(10-11)14(19)20/h11-13H,4-10H2,1-3H3,(H,19,20). The van der Waals surface area contributed by atoms with Crippen molar-refractivity contribution in [3.63, 3.8) is 0 Å². The van der Waals surface area contributed by atoms with Gasteiger partial charge < -0.3 is 19.8 Å². The third kappa shape index (κ3) is 3.31. The molecule has 21 heavy (non-hydrogen) atoms. The highest BCUT2D eigenvalue weighted by Crippen LogP contribution is 2.42. The van der Waals surface area contributed by atoms with Crippen LogP contribution >= 0.6 is 0 Å². The van der Waals surface area contributed by atoms with Crippen LogP contribution in [-0.4, -0.2) is 77.6 Å². The number of fused-ring (bicyclic) bond motifs is 2. The van der Waals surface area contributed by atoms with Crippen molar-refractivity contribution in [1.29, 1.82) is 0 Å². The topological polar surface area (TPSA) is 64.1 Å². The molecule has 2 aliphatic rings. The SMILES string of the molecule is CCCN(CCN(C)C)C(=O)N1C2CCC1C(C(=O)O)C2. The summed E-state index contributed by atoms with van der Waals surface area (Å²) < 4.78 is 0. The zero-order valence-electron chi connectivity index (χ0n) is 13.3. The molecule has 0 spiro atoms. The third-order valence-corrected chi connectivity index (χ3v) is 4.66. The summed E-state index contributed by atoms with van der Waals surface area (Å²) >= 11 is 0. The molecule has 3 atom stereocenters. The minimum atomic E-state index is -0.754. The van der Waals surface area contributed by atoms with Crippen molar-refractivity contribution < 1.29 is 14.7 Å². The Morgan fingerprint density at radius 3 is 2.43 bits per heavy atom. The quantitative estimate of drug-likeness (QED) is 0.803. The van der Waals surface area contributed by atoms with Gasteiger partial charge in [-0.15, -0.1) is 0 Å². The van der Waals surface area contributed by atoms with E-state index in [1.54, 1.807) is 0 Å². The van der Waals surface area contributed by atoms with Gasteiger partial charge in [-0.25, -0.2) is 4.79 Å². The number of hydrogen-bond acceptors (Lipinski definition) is 3. The maximum absolute atomic E-state index is 12.8. The number of aliphatic carboxylic acids is 1. The van der Waals surface area contributed by atoms with Gasteiger partial charge in [0, 0.05) is 31.7 Å². The van der Waals surface area contributed by atoms with E-state index >= 15 is 0 Å². The Kier molecular flexibility index (Phi) is 5.08. The van der Waals surface area contributed by atoms with Gasteiger partial charge in [0.1, 0.15) is 0 Å². The van der Waals surface area contributed by atoms with Crippen LogP contribution in [0.1, 0.15) is 32.6 Å². The van der Waals surface area contributed by atoms with E-state index in [9.17, 15) is 14.7 Å². The van der Waals surface area contributed by atoms with E-state index in [4.69, 9.17) is 0 Å². The molecule has 2 aliphatic heterocycles. The fourth-order valence-electron chi connectivity index (χ4n) is 3.61. The molecule has 1 N–H and O–H groups in total. The fraction of sp³-hybridized carbons (Fsp3) is 0.867. The number of hydrogen-bond donors (Lipinski definition) is 1. The fourth-order valence-corrected chi connectivity index (χ4v) is 3.61. The molecule has 0 radical (unpaired) electrons. The van der Waals surface area contributed by atoms with Gasteiger partial charge in [0.05, 0.1) is 5.92 Å². The molecule has 2 heterocycles. The minimum absolute atomic E-state index is 0.0370. The molecule has 2 bridgehead atoms. The second-order valence-corrected chi connectivity index (χ2v) is 6.46. The number of urea groups is 1. The first-order valence-corrected chi connectivity index (χ1v) is 7.90. The molecule has 0 aromatic carbocycles. The largest absolute Gasteiger partial charge is 0.481 e. The second-order valence-electron chi connectivity index (χ2n) is 6.46. The number of likely N-dealkylation sites (N-methyl/N-ethyl adjacent to an activating group) is 1. The van der Waals surface area contributed by atoms with E-state index in [2.05, 4.69) is 11.8 Å². The highest BCUT2D eigenvalue weighted by Gasteiger charge is 2.52. The Balaban J connectivity index is 2.05. The van der Waals surface area contributed by atoms with Crippen LogP contribution in [0, 0.1) is 5.92 Å². The molecule has 0 aromatic heterocycles. The smallest absolute Gasteiger partial charge is 0.320 e.